The molecule has 0 saturated carbocycles. The van der Waals surface area contributed by atoms with Gasteiger partial charge in [-0.3, -0.25) is 14.5 Å². The molecule has 5 heteroatoms. The Morgan fingerprint density at radius 2 is 2.12 bits per heavy atom. The van der Waals surface area contributed by atoms with Crippen molar-refractivity contribution < 1.29 is 14.7 Å². The molecule has 1 unspecified atom stereocenters. The average Bonchev–Trinajstić information content (AvgIpc) is 2.59. The van der Waals surface area contributed by atoms with Crippen molar-refractivity contribution in [2.75, 3.05) is 19.6 Å². The van der Waals surface area contributed by atoms with E-state index in [0.29, 0.717) is 19.6 Å². The number of nitrogens with zero attached hydrogens (tertiary/aromatic N) is 1. The maximum atomic E-state index is 11.7. The number of carbonyl (C=O) groups is 2. The molecule has 1 amide bonds. The van der Waals surface area contributed by atoms with Gasteiger partial charge in [0.1, 0.15) is 0 Å². The molecule has 0 spiro atoms. The molecule has 0 bridgehead atoms. The van der Waals surface area contributed by atoms with E-state index in [0.717, 1.165) is 6.42 Å². The zero-order chi connectivity index (χ0) is 13.0. The Bertz CT molecular complexity index is 293. The van der Waals surface area contributed by atoms with Crippen molar-refractivity contribution in [2.24, 2.45) is 11.8 Å². The number of carbonyl (C=O) groups excluding carboxylic acids is 1. The van der Waals surface area contributed by atoms with Crippen LogP contribution in [0, 0.1) is 11.8 Å². The molecule has 5 nitrogen and oxygen atoms in total. The fourth-order valence-corrected chi connectivity index (χ4v) is 2.14. The van der Waals surface area contributed by atoms with Crippen LogP contribution in [-0.2, 0) is 9.59 Å². The van der Waals surface area contributed by atoms with Crippen molar-refractivity contribution >= 4 is 11.9 Å². The van der Waals surface area contributed by atoms with Crippen LogP contribution in [0.25, 0.3) is 0 Å². The Morgan fingerprint density at radius 1 is 1.47 bits per heavy atom. The second-order valence-electron chi connectivity index (χ2n) is 4.99. The van der Waals surface area contributed by atoms with Crippen LogP contribution in [0.1, 0.15) is 27.2 Å². The molecule has 0 aromatic carbocycles. The third-order valence-electron chi connectivity index (χ3n) is 3.39. The molecule has 1 saturated heterocycles. The number of nitrogens with one attached hydrogen (secondary N) is 1. The lowest BCUT2D eigenvalue weighted by atomic mass is 9.99. The first-order valence-corrected chi connectivity index (χ1v) is 6.18. The van der Waals surface area contributed by atoms with Gasteiger partial charge < -0.3 is 10.4 Å². The van der Waals surface area contributed by atoms with Gasteiger partial charge in [-0.05, 0) is 19.3 Å². The highest BCUT2D eigenvalue weighted by atomic mass is 16.4. The summed E-state index contributed by atoms with van der Waals surface area (Å²) in [4.78, 5) is 24.5. The number of carboxylic acid groups (broad SMARTS) is 1. The molecule has 1 rings (SSSR count). The summed E-state index contributed by atoms with van der Waals surface area (Å²) < 4.78 is 0. The van der Waals surface area contributed by atoms with Crippen LogP contribution < -0.4 is 5.32 Å². The molecule has 1 aliphatic rings. The van der Waals surface area contributed by atoms with Gasteiger partial charge in [-0.25, -0.2) is 0 Å². The van der Waals surface area contributed by atoms with Crippen LogP contribution in [0.4, 0.5) is 0 Å². The van der Waals surface area contributed by atoms with Crippen LogP contribution in [0.2, 0.25) is 0 Å². The van der Waals surface area contributed by atoms with Crippen LogP contribution in [0.15, 0.2) is 0 Å². The third kappa shape index (κ3) is 4.00. The van der Waals surface area contributed by atoms with Crippen molar-refractivity contribution in [3.63, 3.8) is 0 Å². The fourth-order valence-electron chi connectivity index (χ4n) is 2.14. The van der Waals surface area contributed by atoms with Crippen LogP contribution >= 0.6 is 0 Å². The maximum Gasteiger partial charge on any atom is 0.308 e. The van der Waals surface area contributed by atoms with E-state index in [1.165, 1.54) is 0 Å². The number of hydrogen-bond acceptors (Lipinski definition) is 3. The van der Waals surface area contributed by atoms with E-state index in [1.54, 1.807) is 0 Å². The van der Waals surface area contributed by atoms with Gasteiger partial charge >= 0.3 is 5.97 Å². The lowest BCUT2D eigenvalue weighted by Crippen LogP contribution is -2.40. The van der Waals surface area contributed by atoms with E-state index in [1.807, 2.05) is 25.7 Å². The summed E-state index contributed by atoms with van der Waals surface area (Å²) in [6.07, 6.45) is 0.903. The topological polar surface area (TPSA) is 69.6 Å². The maximum absolute atomic E-state index is 11.7. The second kappa shape index (κ2) is 6.00. The van der Waals surface area contributed by atoms with Gasteiger partial charge in [0.15, 0.2) is 0 Å². The standard InChI is InChI=1S/C12H22N2O3/c1-4-9(3)13-11(15)7-14-5-8(2)10(6-14)12(16)17/h8-10H,4-7H2,1-3H3,(H,13,15)(H,16,17)/t8-,9?,10-/m1/s1. The average molecular weight is 242 g/mol. The predicted molar refractivity (Wildman–Crippen MR) is 64.6 cm³/mol. The zero-order valence-electron chi connectivity index (χ0n) is 10.8. The molecule has 0 radical (unpaired) electrons. The van der Waals surface area contributed by atoms with Crippen LogP contribution in [-0.4, -0.2) is 47.6 Å². The van der Waals surface area contributed by atoms with Gasteiger partial charge in [0.2, 0.25) is 5.91 Å². The lowest BCUT2D eigenvalue weighted by Gasteiger charge is -2.17. The van der Waals surface area contributed by atoms with Gasteiger partial charge in [0.25, 0.3) is 0 Å². The number of amides is 1. The van der Waals surface area contributed by atoms with E-state index in [4.69, 9.17) is 5.11 Å². The summed E-state index contributed by atoms with van der Waals surface area (Å²) in [6, 6.07) is 0.179. The molecule has 1 heterocycles. The highest BCUT2D eigenvalue weighted by Crippen LogP contribution is 2.22. The lowest BCUT2D eigenvalue weighted by molar-refractivity contribution is -0.142. The van der Waals surface area contributed by atoms with E-state index in [9.17, 15) is 9.59 Å². The molecular weight excluding hydrogens is 220 g/mol. The Balaban J connectivity index is 2.39. The Kier molecular flexibility index (Phi) is 4.93. The van der Waals surface area contributed by atoms with Crippen molar-refractivity contribution in [3.8, 4) is 0 Å². The highest BCUT2D eigenvalue weighted by Gasteiger charge is 2.35. The molecule has 17 heavy (non-hydrogen) atoms. The molecule has 2 N–H and O–H groups in total. The summed E-state index contributed by atoms with van der Waals surface area (Å²) in [5.41, 5.74) is 0. The molecular formula is C12H22N2O3. The highest BCUT2D eigenvalue weighted by molar-refractivity contribution is 5.78. The summed E-state index contributed by atoms with van der Waals surface area (Å²) >= 11 is 0. The molecule has 0 aromatic rings. The molecule has 98 valence electrons. The molecule has 1 aliphatic heterocycles. The van der Waals surface area contributed by atoms with Gasteiger partial charge in [-0.15, -0.1) is 0 Å². The van der Waals surface area contributed by atoms with Gasteiger partial charge in [0.05, 0.1) is 12.5 Å². The minimum atomic E-state index is -0.762. The Morgan fingerprint density at radius 3 is 2.59 bits per heavy atom. The zero-order valence-corrected chi connectivity index (χ0v) is 10.8. The molecule has 0 aromatic heterocycles. The fraction of sp³-hybridized carbons (Fsp3) is 0.833. The van der Waals surface area contributed by atoms with E-state index in [2.05, 4.69) is 5.32 Å². The predicted octanol–water partition coefficient (Wildman–Crippen LogP) is 0.554. The Hall–Kier alpha value is -1.10. The quantitative estimate of drug-likeness (QED) is 0.739. The first-order chi connectivity index (χ1) is 7.93. The van der Waals surface area contributed by atoms with E-state index >= 15 is 0 Å². The van der Waals surface area contributed by atoms with Gasteiger partial charge in [-0.1, -0.05) is 13.8 Å². The number of carboxylic acids is 1. The summed E-state index contributed by atoms with van der Waals surface area (Å²) in [6.45, 7) is 7.37. The van der Waals surface area contributed by atoms with Crippen molar-refractivity contribution in [2.45, 2.75) is 33.2 Å². The monoisotopic (exact) mass is 242 g/mol. The van der Waals surface area contributed by atoms with Crippen LogP contribution in [0.3, 0.4) is 0 Å². The number of rotatable bonds is 5. The normalized spacial score (nSPS) is 26.8. The van der Waals surface area contributed by atoms with Crippen molar-refractivity contribution in [3.05, 3.63) is 0 Å². The third-order valence-corrected chi connectivity index (χ3v) is 3.39. The first-order valence-electron chi connectivity index (χ1n) is 6.18. The summed E-state index contributed by atoms with van der Waals surface area (Å²) in [5, 5.41) is 11.9. The number of hydrogen-bond donors (Lipinski definition) is 2. The van der Waals surface area contributed by atoms with Gasteiger partial charge in [-0.2, -0.15) is 0 Å². The van der Waals surface area contributed by atoms with E-state index in [-0.39, 0.29) is 23.8 Å². The smallest absolute Gasteiger partial charge is 0.308 e. The van der Waals surface area contributed by atoms with E-state index < -0.39 is 5.97 Å². The first kappa shape index (κ1) is 14.0. The Labute approximate surface area is 102 Å². The summed E-state index contributed by atoms with van der Waals surface area (Å²) in [7, 11) is 0. The summed E-state index contributed by atoms with van der Waals surface area (Å²) in [5.74, 6) is -1.00. The molecule has 3 atom stereocenters. The van der Waals surface area contributed by atoms with Gasteiger partial charge in [0, 0.05) is 19.1 Å². The SMILES string of the molecule is CCC(C)NC(=O)CN1C[C@@H](C)[C@H](C(=O)O)C1. The number of likely N-dealkylation sites (tertiary alicyclic amines) is 1. The largest absolute Gasteiger partial charge is 0.481 e. The minimum absolute atomic E-state index is 0.0161. The molecule has 1 fully saturated rings. The number of aliphatic carboxylic acids is 1. The molecule has 0 aliphatic carbocycles. The second-order valence-corrected chi connectivity index (χ2v) is 4.99. The van der Waals surface area contributed by atoms with Crippen molar-refractivity contribution in [1.29, 1.82) is 0 Å². The minimum Gasteiger partial charge on any atom is -0.481 e. The van der Waals surface area contributed by atoms with Crippen LogP contribution in [0.5, 0.6) is 0 Å². The van der Waals surface area contributed by atoms with Crippen molar-refractivity contribution in [1.82, 2.24) is 10.2 Å².